The Bertz CT molecular complexity index is 803. The second-order valence-electron chi connectivity index (χ2n) is 6.86. The molecular weight excluding hydrogens is 346 g/mol. The SMILES string of the molecule is O=C(Nc1ccn(CC(=O)N2CCOCC2)n1)NC1Cc2ccccc2C1. The van der Waals surface area contributed by atoms with E-state index >= 15 is 0 Å². The van der Waals surface area contributed by atoms with Crippen molar-refractivity contribution < 1.29 is 14.3 Å². The average molecular weight is 369 g/mol. The molecule has 0 bridgehead atoms. The van der Waals surface area contributed by atoms with Crippen LogP contribution in [0.4, 0.5) is 10.6 Å². The summed E-state index contributed by atoms with van der Waals surface area (Å²) in [4.78, 5) is 26.3. The number of nitrogens with one attached hydrogen (secondary N) is 2. The summed E-state index contributed by atoms with van der Waals surface area (Å²) in [6, 6.07) is 9.74. The van der Waals surface area contributed by atoms with Crippen LogP contribution in [0.25, 0.3) is 0 Å². The number of nitrogens with zero attached hydrogens (tertiary/aromatic N) is 3. The maximum Gasteiger partial charge on any atom is 0.320 e. The van der Waals surface area contributed by atoms with Crippen molar-refractivity contribution in [2.24, 2.45) is 0 Å². The van der Waals surface area contributed by atoms with Crippen LogP contribution in [0, 0.1) is 0 Å². The first kappa shape index (κ1) is 17.5. The van der Waals surface area contributed by atoms with Crippen molar-refractivity contribution >= 4 is 17.8 Å². The average Bonchev–Trinajstić information content (AvgIpc) is 3.28. The topological polar surface area (TPSA) is 88.5 Å². The second kappa shape index (κ2) is 7.79. The first-order valence-electron chi connectivity index (χ1n) is 9.20. The summed E-state index contributed by atoms with van der Waals surface area (Å²) < 4.78 is 6.79. The van der Waals surface area contributed by atoms with Gasteiger partial charge in [-0.1, -0.05) is 24.3 Å². The van der Waals surface area contributed by atoms with E-state index in [1.165, 1.54) is 11.1 Å². The van der Waals surface area contributed by atoms with Crippen LogP contribution in [-0.2, 0) is 28.9 Å². The molecule has 27 heavy (non-hydrogen) atoms. The summed E-state index contributed by atoms with van der Waals surface area (Å²) in [5.74, 6) is 0.430. The molecule has 0 radical (unpaired) electrons. The molecule has 1 aliphatic carbocycles. The van der Waals surface area contributed by atoms with Gasteiger partial charge in [-0.15, -0.1) is 0 Å². The zero-order chi connectivity index (χ0) is 18.6. The van der Waals surface area contributed by atoms with Crippen LogP contribution >= 0.6 is 0 Å². The van der Waals surface area contributed by atoms with Crippen LogP contribution in [0.15, 0.2) is 36.5 Å². The van der Waals surface area contributed by atoms with E-state index in [-0.39, 0.29) is 24.5 Å². The van der Waals surface area contributed by atoms with Gasteiger partial charge in [0.25, 0.3) is 0 Å². The van der Waals surface area contributed by atoms with Gasteiger partial charge in [0.1, 0.15) is 6.54 Å². The number of fused-ring (bicyclic) bond motifs is 1. The molecular formula is C19H23N5O3. The highest BCUT2D eigenvalue weighted by molar-refractivity contribution is 5.88. The molecule has 1 fully saturated rings. The highest BCUT2D eigenvalue weighted by Gasteiger charge is 2.22. The normalized spacial score (nSPS) is 16.8. The number of anilines is 1. The fourth-order valence-electron chi connectivity index (χ4n) is 3.57. The lowest BCUT2D eigenvalue weighted by atomic mass is 10.1. The van der Waals surface area contributed by atoms with E-state index < -0.39 is 0 Å². The Balaban J connectivity index is 1.26. The van der Waals surface area contributed by atoms with Gasteiger partial charge in [-0.2, -0.15) is 5.10 Å². The van der Waals surface area contributed by atoms with Gasteiger partial charge in [0.05, 0.1) is 13.2 Å². The fraction of sp³-hybridized carbons (Fsp3) is 0.421. The van der Waals surface area contributed by atoms with Crippen LogP contribution in [0.2, 0.25) is 0 Å². The first-order chi connectivity index (χ1) is 13.2. The standard InChI is InChI=1S/C19H23N5O3/c25-18(23-7-9-27-10-8-23)13-24-6-5-17(22-24)21-19(26)20-16-11-14-3-1-2-4-15(14)12-16/h1-6,16H,7-13H2,(H2,20,21,22,26). The fourth-order valence-corrected chi connectivity index (χ4v) is 3.57. The van der Waals surface area contributed by atoms with Crippen molar-refractivity contribution in [2.75, 3.05) is 31.6 Å². The predicted molar refractivity (Wildman–Crippen MR) is 99.4 cm³/mol. The Morgan fingerprint density at radius 1 is 1.11 bits per heavy atom. The number of morpholine rings is 1. The van der Waals surface area contributed by atoms with Gasteiger partial charge >= 0.3 is 6.03 Å². The van der Waals surface area contributed by atoms with Crippen LogP contribution in [0.5, 0.6) is 0 Å². The quantitative estimate of drug-likeness (QED) is 0.843. The summed E-state index contributed by atoms with van der Waals surface area (Å²) in [6.45, 7) is 2.52. The van der Waals surface area contributed by atoms with Gasteiger partial charge < -0.3 is 15.0 Å². The number of rotatable bonds is 4. The molecule has 8 nitrogen and oxygen atoms in total. The number of aromatic nitrogens is 2. The van der Waals surface area contributed by atoms with Crippen molar-refractivity contribution in [1.82, 2.24) is 20.0 Å². The Labute approximate surface area is 157 Å². The number of hydrogen-bond donors (Lipinski definition) is 2. The van der Waals surface area contributed by atoms with E-state index in [9.17, 15) is 9.59 Å². The number of hydrogen-bond acceptors (Lipinski definition) is 4. The Kier molecular flexibility index (Phi) is 5.06. The largest absolute Gasteiger partial charge is 0.378 e. The molecule has 1 aromatic heterocycles. The van der Waals surface area contributed by atoms with Gasteiger partial charge in [0.2, 0.25) is 5.91 Å². The smallest absolute Gasteiger partial charge is 0.320 e. The van der Waals surface area contributed by atoms with Crippen LogP contribution in [-0.4, -0.2) is 59.0 Å². The third-order valence-electron chi connectivity index (χ3n) is 4.93. The Morgan fingerprint density at radius 3 is 2.52 bits per heavy atom. The summed E-state index contributed by atoms with van der Waals surface area (Å²) in [6.07, 6.45) is 3.37. The zero-order valence-electron chi connectivity index (χ0n) is 15.1. The van der Waals surface area contributed by atoms with Gasteiger partial charge in [-0.25, -0.2) is 4.79 Å². The number of amides is 3. The molecule has 1 saturated heterocycles. The van der Waals surface area contributed by atoms with Gasteiger partial charge in [0, 0.05) is 31.4 Å². The number of benzene rings is 1. The Morgan fingerprint density at radius 2 is 1.81 bits per heavy atom. The maximum absolute atomic E-state index is 12.2. The van der Waals surface area contributed by atoms with Gasteiger partial charge in [0.15, 0.2) is 5.82 Å². The van der Waals surface area contributed by atoms with Crippen LogP contribution in [0.3, 0.4) is 0 Å². The molecule has 2 aromatic rings. The Hall–Kier alpha value is -2.87. The number of carbonyl (C=O) groups is 2. The molecule has 0 atom stereocenters. The van der Waals surface area contributed by atoms with E-state index in [0.29, 0.717) is 32.1 Å². The predicted octanol–water partition coefficient (Wildman–Crippen LogP) is 1.03. The van der Waals surface area contributed by atoms with E-state index in [1.807, 2.05) is 12.1 Å². The highest BCUT2D eigenvalue weighted by atomic mass is 16.5. The van der Waals surface area contributed by atoms with Crippen molar-refractivity contribution in [1.29, 1.82) is 0 Å². The lowest BCUT2D eigenvalue weighted by Gasteiger charge is -2.26. The van der Waals surface area contributed by atoms with Gasteiger partial charge in [-0.3, -0.25) is 14.8 Å². The van der Waals surface area contributed by atoms with Crippen LogP contribution < -0.4 is 10.6 Å². The third-order valence-corrected chi connectivity index (χ3v) is 4.93. The first-order valence-corrected chi connectivity index (χ1v) is 9.20. The summed E-state index contributed by atoms with van der Waals surface area (Å²) in [7, 11) is 0. The van der Waals surface area contributed by atoms with E-state index in [4.69, 9.17) is 4.74 Å². The molecule has 142 valence electrons. The molecule has 0 saturated carbocycles. The molecule has 2 heterocycles. The lowest BCUT2D eigenvalue weighted by Crippen LogP contribution is -2.42. The molecule has 3 amide bonds. The van der Waals surface area contributed by atoms with E-state index in [0.717, 1.165) is 12.8 Å². The zero-order valence-corrected chi connectivity index (χ0v) is 15.1. The van der Waals surface area contributed by atoms with Crippen molar-refractivity contribution in [3.8, 4) is 0 Å². The second-order valence-corrected chi connectivity index (χ2v) is 6.86. The van der Waals surface area contributed by atoms with Crippen LogP contribution in [0.1, 0.15) is 11.1 Å². The van der Waals surface area contributed by atoms with Crippen molar-refractivity contribution in [3.05, 3.63) is 47.7 Å². The summed E-state index contributed by atoms with van der Waals surface area (Å²) >= 11 is 0. The minimum atomic E-state index is -0.280. The summed E-state index contributed by atoms with van der Waals surface area (Å²) in [5.41, 5.74) is 2.57. The number of ether oxygens (including phenoxy) is 1. The van der Waals surface area contributed by atoms with E-state index in [1.54, 1.807) is 21.8 Å². The minimum absolute atomic E-state index is 0.00104. The molecule has 0 unspecified atom stereocenters. The van der Waals surface area contributed by atoms with Crippen molar-refractivity contribution in [2.45, 2.75) is 25.4 Å². The molecule has 2 aliphatic rings. The molecule has 1 aromatic carbocycles. The lowest BCUT2D eigenvalue weighted by molar-refractivity contribution is -0.136. The third kappa shape index (κ3) is 4.28. The highest BCUT2D eigenvalue weighted by Crippen LogP contribution is 2.21. The number of carbonyl (C=O) groups excluding carboxylic acids is 2. The summed E-state index contributed by atoms with van der Waals surface area (Å²) in [5, 5.41) is 9.99. The molecule has 8 heteroatoms. The number of urea groups is 1. The monoisotopic (exact) mass is 369 g/mol. The molecule has 4 rings (SSSR count). The van der Waals surface area contributed by atoms with Crippen molar-refractivity contribution in [3.63, 3.8) is 0 Å². The van der Waals surface area contributed by atoms with Gasteiger partial charge in [-0.05, 0) is 24.0 Å². The van der Waals surface area contributed by atoms with E-state index in [2.05, 4.69) is 27.9 Å². The molecule has 1 aliphatic heterocycles. The minimum Gasteiger partial charge on any atom is -0.378 e. The molecule has 0 spiro atoms. The maximum atomic E-state index is 12.2. The molecule has 2 N–H and O–H groups in total.